The summed E-state index contributed by atoms with van der Waals surface area (Å²) in [4.78, 5) is 4.12. The molecule has 0 unspecified atom stereocenters. The van der Waals surface area contributed by atoms with Gasteiger partial charge in [-0.25, -0.2) is 9.37 Å². The summed E-state index contributed by atoms with van der Waals surface area (Å²) >= 11 is 3.44. The molecule has 0 aliphatic rings. The highest BCUT2D eigenvalue weighted by molar-refractivity contribution is 14.1. The minimum atomic E-state index is -0.268. The fourth-order valence-corrected chi connectivity index (χ4v) is 2.28. The maximum absolute atomic E-state index is 13.3. The second-order valence-electron chi connectivity index (χ2n) is 3.19. The van der Waals surface area contributed by atoms with Crippen LogP contribution >= 0.6 is 33.9 Å². The van der Waals surface area contributed by atoms with Gasteiger partial charge in [-0.05, 0) is 28.7 Å². The smallest absolute Gasteiger partial charge is 0.138 e. The number of rotatable bonds is 3. The summed E-state index contributed by atoms with van der Waals surface area (Å²) < 4.78 is 13.8. The summed E-state index contributed by atoms with van der Waals surface area (Å²) in [7, 11) is 0. The molecule has 0 amide bonds. The Balaban J connectivity index is 2.12. The summed E-state index contributed by atoms with van der Waals surface area (Å²) in [5, 5.41) is 5.00. The Morgan fingerprint density at radius 1 is 1.50 bits per heavy atom. The van der Waals surface area contributed by atoms with Gasteiger partial charge in [-0.2, -0.15) is 0 Å². The number of aromatic nitrogens is 1. The lowest BCUT2D eigenvalue weighted by Gasteiger charge is -2.09. The lowest BCUT2D eigenvalue weighted by molar-refractivity contribution is 0.621. The Bertz CT molecular complexity index is 487. The van der Waals surface area contributed by atoms with Gasteiger partial charge in [-0.1, -0.05) is 0 Å². The van der Waals surface area contributed by atoms with E-state index in [1.807, 2.05) is 28.0 Å². The van der Waals surface area contributed by atoms with Crippen molar-refractivity contribution < 1.29 is 4.39 Å². The Kier molecular flexibility index (Phi) is 3.59. The van der Waals surface area contributed by atoms with Gasteiger partial charge in [0, 0.05) is 11.4 Å². The van der Waals surface area contributed by atoms with Crippen LogP contribution in [0.2, 0.25) is 0 Å². The minimum absolute atomic E-state index is 0.268. The van der Waals surface area contributed by atoms with Gasteiger partial charge >= 0.3 is 0 Å². The van der Waals surface area contributed by atoms with Crippen molar-refractivity contribution in [1.82, 2.24) is 4.98 Å². The van der Waals surface area contributed by atoms with Crippen molar-refractivity contribution in [2.75, 3.05) is 11.1 Å². The minimum Gasteiger partial charge on any atom is -0.397 e. The van der Waals surface area contributed by atoms with Gasteiger partial charge in [0.25, 0.3) is 0 Å². The molecular formula is C10H9FIN3S. The van der Waals surface area contributed by atoms with Crippen molar-refractivity contribution in [2.24, 2.45) is 0 Å². The van der Waals surface area contributed by atoms with Crippen molar-refractivity contribution in [2.45, 2.75) is 6.54 Å². The fraction of sp³-hybridized carbons (Fsp3) is 0.100. The zero-order valence-corrected chi connectivity index (χ0v) is 11.2. The quantitative estimate of drug-likeness (QED) is 0.662. The molecule has 2 rings (SSSR count). The standard InChI is InChI=1S/C10H9FIN3S/c11-7-1-10(9(13)2-8(7)12)14-3-6-4-16-5-15-6/h1-2,4-5,14H,3,13H2. The summed E-state index contributed by atoms with van der Waals surface area (Å²) in [6, 6.07) is 3.02. The number of nitrogens with one attached hydrogen (secondary N) is 1. The molecule has 0 bridgehead atoms. The van der Waals surface area contributed by atoms with E-state index in [4.69, 9.17) is 5.73 Å². The van der Waals surface area contributed by atoms with E-state index < -0.39 is 0 Å². The van der Waals surface area contributed by atoms with Crippen LogP contribution < -0.4 is 11.1 Å². The first-order chi connectivity index (χ1) is 7.66. The van der Waals surface area contributed by atoms with Crippen LogP contribution in [0.1, 0.15) is 5.69 Å². The molecule has 84 valence electrons. The van der Waals surface area contributed by atoms with Crippen LogP contribution in [-0.4, -0.2) is 4.98 Å². The van der Waals surface area contributed by atoms with Crippen LogP contribution in [0.3, 0.4) is 0 Å². The molecule has 0 fully saturated rings. The molecule has 0 saturated carbocycles. The van der Waals surface area contributed by atoms with Crippen LogP contribution in [-0.2, 0) is 6.54 Å². The molecule has 3 nitrogen and oxygen atoms in total. The Morgan fingerprint density at radius 2 is 2.31 bits per heavy atom. The molecule has 1 aromatic carbocycles. The molecule has 0 spiro atoms. The Hall–Kier alpha value is -0.890. The number of benzene rings is 1. The molecule has 1 heterocycles. The first-order valence-electron chi connectivity index (χ1n) is 4.52. The number of nitrogen functional groups attached to an aromatic ring is 1. The molecule has 0 aliphatic carbocycles. The summed E-state index contributed by atoms with van der Waals surface area (Å²) in [5.74, 6) is -0.268. The molecule has 1 aromatic heterocycles. The molecule has 6 heteroatoms. The van der Waals surface area contributed by atoms with E-state index in [0.717, 1.165) is 5.69 Å². The normalized spacial score (nSPS) is 10.4. The highest BCUT2D eigenvalue weighted by Crippen LogP contribution is 2.24. The SMILES string of the molecule is Nc1cc(I)c(F)cc1NCc1cscn1. The van der Waals surface area contributed by atoms with E-state index >= 15 is 0 Å². The van der Waals surface area contributed by atoms with Gasteiger partial charge < -0.3 is 11.1 Å². The van der Waals surface area contributed by atoms with E-state index in [-0.39, 0.29) is 5.82 Å². The highest BCUT2D eigenvalue weighted by atomic mass is 127. The van der Waals surface area contributed by atoms with E-state index in [2.05, 4.69) is 10.3 Å². The zero-order chi connectivity index (χ0) is 11.5. The third kappa shape index (κ3) is 2.62. The summed E-state index contributed by atoms with van der Waals surface area (Å²) in [6.45, 7) is 0.549. The first kappa shape index (κ1) is 11.6. The van der Waals surface area contributed by atoms with Crippen LogP contribution in [0.25, 0.3) is 0 Å². The fourth-order valence-electron chi connectivity index (χ4n) is 1.23. The zero-order valence-electron chi connectivity index (χ0n) is 8.21. The van der Waals surface area contributed by atoms with Crippen molar-refractivity contribution in [3.63, 3.8) is 0 Å². The third-order valence-corrected chi connectivity index (χ3v) is 3.50. The van der Waals surface area contributed by atoms with Gasteiger partial charge in [0.1, 0.15) is 5.82 Å². The predicted molar refractivity (Wildman–Crippen MR) is 73.0 cm³/mol. The Labute approximate surface area is 110 Å². The number of thiazole rings is 1. The highest BCUT2D eigenvalue weighted by Gasteiger charge is 2.05. The molecule has 0 atom stereocenters. The van der Waals surface area contributed by atoms with E-state index in [9.17, 15) is 4.39 Å². The summed E-state index contributed by atoms with van der Waals surface area (Å²) in [6.07, 6.45) is 0. The number of halogens is 2. The lowest BCUT2D eigenvalue weighted by atomic mass is 10.2. The number of hydrogen-bond donors (Lipinski definition) is 2. The van der Waals surface area contributed by atoms with E-state index in [0.29, 0.717) is 21.5 Å². The average Bonchev–Trinajstić information content (AvgIpc) is 2.74. The van der Waals surface area contributed by atoms with Crippen LogP contribution in [0, 0.1) is 9.39 Å². The third-order valence-electron chi connectivity index (χ3n) is 2.04. The Morgan fingerprint density at radius 3 is 3.00 bits per heavy atom. The number of anilines is 2. The largest absolute Gasteiger partial charge is 0.397 e. The van der Waals surface area contributed by atoms with Crippen LogP contribution in [0.4, 0.5) is 15.8 Å². The van der Waals surface area contributed by atoms with Gasteiger partial charge in [0.05, 0.1) is 32.7 Å². The molecule has 2 aromatic rings. The predicted octanol–water partition coefficient (Wildman–Crippen LogP) is 3.08. The molecule has 0 radical (unpaired) electrons. The average molecular weight is 349 g/mol. The van der Waals surface area contributed by atoms with Gasteiger partial charge in [0.2, 0.25) is 0 Å². The van der Waals surface area contributed by atoms with E-state index in [1.54, 1.807) is 11.6 Å². The van der Waals surface area contributed by atoms with Crippen molar-refractivity contribution in [1.29, 1.82) is 0 Å². The number of nitrogens with zero attached hydrogens (tertiary/aromatic N) is 1. The monoisotopic (exact) mass is 349 g/mol. The van der Waals surface area contributed by atoms with Crippen LogP contribution in [0.5, 0.6) is 0 Å². The first-order valence-corrected chi connectivity index (χ1v) is 6.54. The maximum Gasteiger partial charge on any atom is 0.138 e. The second-order valence-corrected chi connectivity index (χ2v) is 5.07. The van der Waals surface area contributed by atoms with Gasteiger partial charge in [0.15, 0.2) is 0 Å². The maximum atomic E-state index is 13.3. The van der Waals surface area contributed by atoms with Crippen molar-refractivity contribution in [3.05, 3.63) is 38.1 Å². The number of nitrogens with two attached hydrogens (primary N) is 1. The molecular weight excluding hydrogens is 340 g/mol. The molecule has 0 saturated heterocycles. The van der Waals surface area contributed by atoms with Crippen molar-refractivity contribution in [3.8, 4) is 0 Å². The second kappa shape index (κ2) is 4.96. The van der Waals surface area contributed by atoms with Gasteiger partial charge in [-0.15, -0.1) is 11.3 Å². The van der Waals surface area contributed by atoms with Crippen LogP contribution in [0.15, 0.2) is 23.0 Å². The lowest BCUT2D eigenvalue weighted by Crippen LogP contribution is -2.03. The van der Waals surface area contributed by atoms with Gasteiger partial charge in [-0.3, -0.25) is 0 Å². The summed E-state index contributed by atoms with van der Waals surface area (Å²) in [5.41, 5.74) is 9.60. The molecule has 3 N–H and O–H groups in total. The van der Waals surface area contributed by atoms with Crippen molar-refractivity contribution >= 4 is 45.3 Å². The molecule has 16 heavy (non-hydrogen) atoms. The number of hydrogen-bond acceptors (Lipinski definition) is 4. The van der Waals surface area contributed by atoms with E-state index in [1.165, 1.54) is 17.4 Å². The topological polar surface area (TPSA) is 50.9 Å². The molecule has 0 aliphatic heterocycles.